The number of carbonyl (C=O) groups is 2. The number of ether oxygens (including phenoxy) is 2. The average molecular weight is 551 g/mol. The van der Waals surface area contributed by atoms with Crippen molar-refractivity contribution in [3.8, 4) is 11.5 Å². The molecule has 5 rings (SSSR count). The van der Waals surface area contributed by atoms with Gasteiger partial charge >= 0.3 is 0 Å². The zero-order chi connectivity index (χ0) is 24.4. The highest BCUT2D eigenvalue weighted by molar-refractivity contribution is 9.10. The van der Waals surface area contributed by atoms with Crippen molar-refractivity contribution >= 4 is 51.3 Å². The average Bonchev–Trinajstić information content (AvgIpc) is 2.86. The highest BCUT2D eigenvalue weighted by Crippen LogP contribution is 2.42. The van der Waals surface area contributed by atoms with Gasteiger partial charge in [-0.2, -0.15) is 0 Å². The van der Waals surface area contributed by atoms with E-state index < -0.39 is 0 Å². The van der Waals surface area contributed by atoms with Crippen LogP contribution in [0.4, 0.5) is 5.69 Å². The van der Waals surface area contributed by atoms with Crippen LogP contribution in [0, 0.1) is 0 Å². The van der Waals surface area contributed by atoms with Gasteiger partial charge in [-0.1, -0.05) is 58.0 Å². The van der Waals surface area contributed by atoms with E-state index in [4.69, 9.17) is 9.47 Å². The maximum Gasteiger partial charge on any atom is 0.265 e. The van der Waals surface area contributed by atoms with Crippen molar-refractivity contribution in [2.75, 3.05) is 24.7 Å². The lowest BCUT2D eigenvalue weighted by Gasteiger charge is -2.30. The molecule has 178 valence electrons. The minimum atomic E-state index is -0.264. The number of carbonyl (C=O) groups excluding carboxylic acids is 2. The Hall–Kier alpha value is -3.23. The maximum absolute atomic E-state index is 13.4. The number of amides is 2. The van der Waals surface area contributed by atoms with E-state index in [1.807, 2.05) is 79.7 Å². The summed E-state index contributed by atoms with van der Waals surface area (Å²) in [6.07, 6.45) is 1.86. The fourth-order valence-electron chi connectivity index (χ4n) is 4.01. The molecule has 2 aliphatic rings. The summed E-state index contributed by atoms with van der Waals surface area (Å²) in [5, 5.41) is 3.01. The quantitative estimate of drug-likeness (QED) is 0.420. The Bertz CT molecular complexity index is 1330. The highest BCUT2D eigenvalue weighted by atomic mass is 79.9. The second-order valence-corrected chi connectivity index (χ2v) is 10.2. The summed E-state index contributed by atoms with van der Waals surface area (Å²) in [7, 11) is 0. The van der Waals surface area contributed by atoms with Crippen molar-refractivity contribution in [2.24, 2.45) is 0 Å². The summed E-state index contributed by atoms with van der Waals surface area (Å²) < 4.78 is 12.2. The molecular formula is C27H23BrN2O4S. The molecular weight excluding hydrogens is 528 g/mol. The molecule has 0 radical (unpaired) electrons. The minimum Gasteiger partial charge on any atom is -0.486 e. The van der Waals surface area contributed by atoms with Gasteiger partial charge in [-0.3, -0.25) is 14.5 Å². The van der Waals surface area contributed by atoms with Crippen LogP contribution in [0.2, 0.25) is 0 Å². The predicted octanol–water partition coefficient (Wildman–Crippen LogP) is 5.58. The first kappa shape index (κ1) is 23.5. The number of thioether (sulfide) groups is 1. The largest absolute Gasteiger partial charge is 0.486 e. The molecule has 3 aromatic carbocycles. The number of para-hydroxylation sites is 1. The second-order valence-electron chi connectivity index (χ2n) is 8.22. The Balaban J connectivity index is 1.35. The summed E-state index contributed by atoms with van der Waals surface area (Å²) in [5.41, 5.74) is 2.54. The van der Waals surface area contributed by atoms with E-state index in [0.29, 0.717) is 29.6 Å². The van der Waals surface area contributed by atoms with Gasteiger partial charge in [0.1, 0.15) is 19.8 Å². The smallest absolute Gasteiger partial charge is 0.265 e. The first-order valence-corrected chi connectivity index (χ1v) is 12.8. The lowest BCUT2D eigenvalue weighted by Crippen LogP contribution is -2.43. The molecule has 1 unspecified atom stereocenters. The molecule has 1 N–H and O–H groups in total. The number of nitrogens with one attached hydrogen (secondary N) is 1. The Morgan fingerprint density at radius 1 is 1.09 bits per heavy atom. The normalized spacial score (nSPS) is 16.6. The Labute approximate surface area is 216 Å². The number of hydrogen-bond acceptors (Lipinski definition) is 5. The monoisotopic (exact) mass is 550 g/mol. The summed E-state index contributed by atoms with van der Waals surface area (Å²) >= 11 is 4.89. The first-order chi connectivity index (χ1) is 17.0. The molecule has 1 atom stereocenters. The lowest BCUT2D eigenvalue weighted by atomic mass is 10.1. The van der Waals surface area contributed by atoms with Crippen molar-refractivity contribution < 1.29 is 19.1 Å². The molecule has 6 nitrogen and oxygen atoms in total. The number of benzene rings is 3. The van der Waals surface area contributed by atoms with E-state index >= 15 is 0 Å². The maximum atomic E-state index is 13.4. The van der Waals surface area contributed by atoms with Crippen molar-refractivity contribution in [2.45, 2.75) is 17.9 Å². The number of fused-ring (bicyclic) bond motifs is 2. The SMILES string of the molecule is CC(NC(=O)CN1C(=O)C(=Cc2cccc(Br)c2)Sc2ccccc21)c1ccc2c(c1)OCCO2. The molecule has 2 heterocycles. The first-order valence-electron chi connectivity index (χ1n) is 11.2. The zero-order valence-electron chi connectivity index (χ0n) is 19.0. The number of hydrogen-bond donors (Lipinski definition) is 1. The molecule has 8 heteroatoms. The van der Waals surface area contributed by atoms with Gasteiger partial charge in [0.25, 0.3) is 5.91 Å². The molecule has 0 bridgehead atoms. The van der Waals surface area contributed by atoms with E-state index in [9.17, 15) is 9.59 Å². The van der Waals surface area contributed by atoms with Gasteiger partial charge in [-0.05, 0) is 60.5 Å². The molecule has 0 spiro atoms. The van der Waals surface area contributed by atoms with Crippen LogP contribution in [0.25, 0.3) is 6.08 Å². The predicted molar refractivity (Wildman–Crippen MR) is 141 cm³/mol. The van der Waals surface area contributed by atoms with Gasteiger partial charge in [-0.15, -0.1) is 0 Å². The van der Waals surface area contributed by atoms with Crippen LogP contribution in [0.3, 0.4) is 0 Å². The van der Waals surface area contributed by atoms with Gasteiger partial charge < -0.3 is 14.8 Å². The summed E-state index contributed by atoms with van der Waals surface area (Å²) in [6, 6.07) is 20.8. The number of nitrogens with zero attached hydrogens (tertiary/aromatic N) is 1. The highest BCUT2D eigenvalue weighted by Gasteiger charge is 2.30. The van der Waals surface area contributed by atoms with E-state index in [-0.39, 0.29) is 24.4 Å². The van der Waals surface area contributed by atoms with Gasteiger partial charge in [0.15, 0.2) is 11.5 Å². The lowest BCUT2D eigenvalue weighted by molar-refractivity contribution is -0.122. The number of anilines is 1. The summed E-state index contributed by atoms with van der Waals surface area (Å²) in [4.78, 5) is 29.5. The Kier molecular flexibility index (Phi) is 6.83. The van der Waals surface area contributed by atoms with Gasteiger partial charge in [-0.25, -0.2) is 0 Å². The van der Waals surface area contributed by atoms with Crippen LogP contribution in [-0.4, -0.2) is 31.6 Å². The van der Waals surface area contributed by atoms with Crippen LogP contribution in [0.1, 0.15) is 24.1 Å². The van der Waals surface area contributed by atoms with E-state index in [1.54, 1.807) is 4.90 Å². The van der Waals surface area contributed by atoms with Crippen molar-refractivity contribution in [1.82, 2.24) is 5.32 Å². The third-order valence-corrected chi connectivity index (χ3v) is 7.29. The molecule has 3 aromatic rings. The van der Waals surface area contributed by atoms with Crippen LogP contribution < -0.4 is 19.7 Å². The van der Waals surface area contributed by atoms with Gasteiger partial charge in [0.2, 0.25) is 5.91 Å². The molecule has 35 heavy (non-hydrogen) atoms. The minimum absolute atomic E-state index is 0.0822. The number of halogens is 1. The molecule has 0 fully saturated rings. The fourth-order valence-corrected chi connectivity index (χ4v) is 5.49. The topological polar surface area (TPSA) is 67.9 Å². The van der Waals surface area contributed by atoms with Crippen LogP contribution >= 0.6 is 27.7 Å². The summed E-state index contributed by atoms with van der Waals surface area (Å²) in [5.74, 6) is 0.936. The van der Waals surface area contributed by atoms with Gasteiger partial charge in [0.05, 0.1) is 16.6 Å². The Morgan fingerprint density at radius 2 is 1.89 bits per heavy atom. The van der Waals surface area contributed by atoms with E-state index in [0.717, 1.165) is 26.2 Å². The molecule has 0 aromatic heterocycles. The zero-order valence-corrected chi connectivity index (χ0v) is 21.4. The number of rotatable bonds is 5. The molecule has 2 aliphatic heterocycles. The molecule has 2 amide bonds. The molecule has 0 saturated heterocycles. The second kappa shape index (κ2) is 10.2. The van der Waals surface area contributed by atoms with Crippen LogP contribution in [0.5, 0.6) is 11.5 Å². The van der Waals surface area contributed by atoms with Crippen LogP contribution in [-0.2, 0) is 9.59 Å². The summed E-state index contributed by atoms with van der Waals surface area (Å²) in [6.45, 7) is 2.85. The Morgan fingerprint density at radius 3 is 2.71 bits per heavy atom. The fraction of sp³-hybridized carbons (Fsp3) is 0.185. The standard InChI is InChI=1S/C27H23BrN2O4S/c1-17(19-9-10-22-23(15-19)34-12-11-33-22)29-26(31)16-30-21-7-2-3-8-24(21)35-25(27(30)32)14-18-5-4-6-20(28)13-18/h2-10,13-15,17H,11-12,16H2,1H3,(H,29,31). The van der Waals surface area contributed by atoms with Crippen LogP contribution in [0.15, 0.2) is 81.0 Å². The van der Waals surface area contributed by atoms with Gasteiger partial charge in [0, 0.05) is 9.37 Å². The molecule has 0 aliphatic carbocycles. The van der Waals surface area contributed by atoms with E-state index in [1.165, 1.54) is 11.8 Å². The van der Waals surface area contributed by atoms with Crippen molar-refractivity contribution in [3.63, 3.8) is 0 Å². The third kappa shape index (κ3) is 5.23. The third-order valence-electron chi connectivity index (χ3n) is 5.72. The molecule has 0 saturated carbocycles. The van der Waals surface area contributed by atoms with E-state index in [2.05, 4.69) is 21.2 Å². The van der Waals surface area contributed by atoms with Crippen molar-refractivity contribution in [1.29, 1.82) is 0 Å². The van der Waals surface area contributed by atoms with Crippen molar-refractivity contribution in [3.05, 3.63) is 87.2 Å².